The molecule has 1 heterocycles. The fourth-order valence-electron chi connectivity index (χ4n) is 5.14. The van der Waals surface area contributed by atoms with E-state index in [1.807, 2.05) is 72.8 Å². The summed E-state index contributed by atoms with van der Waals surface area (Å²) in [5.74, 6) is -1.20. The van der Waals surface area contributed by atoms with Crippen LogP contribution in [0.1, 0.15) is 11.1 Å². The van der Waals surface area contributed by atoms with Gasteiger partial charge in [-0.1, -0.05) is 84.9 Å². The molecule has 6 heteroatoms. The second-order valence-corrected chi connectivity index (χ2v) is 11.9. The molecule has 2 bridgehead atoms. The van der Waals surface area contributed by atoms with E-state index >= 15 is 0 Å². The van der Waals surface area contributed by atoms with E-state index in [-0.39, 0.29) is 19.6 Å². The highest BCUT2D eigenvalue weighted by Gasteiger charge is 2.55. The number of hydrogen-bond donors (Lipinski definition) is 0. The van der Waals surface area contributed by atoms with Gasteiger partial charge in [0.25, 0.3) is 0 Å². The average molecular weight is 459 g/mol. The lowest BCUT2D eigenvalue weighted by Gasteiger charge is -2.23. The van der Waals surface area contributed by atoms with Crippen LogP contribution in [0.4, 0.5) is 0 Å². The number of benzene rings is 3. The van der Waals surface area contributed by atoms with E-state index in [4.69, 9.17) is 0 Å². The fourth-order valence-corrected chi connectivity index (χ4v) is 9.97. The normalized spacial score (nSPS) is 23.7. The summed E-state index contributed by atoms with van der Waals surface area (Å²) in [6, 6.07) is 25.4. The Balaban J connectivity index is 1.68. The maximum Gasteiger partial charge on any atom is 0.206 e. The largest absolute Gasteiger partial charge is 0.219 e. The minimum atomic E-state index is -3.94. The van der Waals surface area contributed by atoms with Crippen molar-refractivity contribution in [3.63, 3.8) is 0 Å². The van der Waals surface area contributed by atoms with Gasteiger partial charge in [-0.3, -0.25) is 0 Å². The average Bonchev–Trinajstić information content (AvgIpc) is 3.37. The van der Waals surface area contributed by atoms with E-state index in [1.54, 1.807) is 12.1 Å². The predicted octanol–water partition coefficient (Wildman–Crippen LogP) is 4.78. The van der Waals surface area contributed by atoms with E-state index in [2.05, 4.69) is 0 Å². The molecule has 0 aromatic heterocycles. The number of allylic oxidation sites excluding steroid dienone is 5. The quantitative estimate of drug-likeness (QED) is 0.519. The molecular formula is C26H18O4S2. The van der Waals surface area contributed by atoms with E-state index < -0.39 is 31.5 Å². The highest BCUT2D eigenvalue weighted by Crippen LogP contribution is 2.59. The second kappa shape index (κ2) is 6.64. The highest BCUT2D eigenvalue weighted by atomic mass is 32.2. The van der Waals surface area contributed by atoms with Crippen LogP contribution in [0.5, 0.6) is 0 Å². The topological polar surface area (TPSA) is 68.3 Å². The Morgan fingerprint density at radius 3 is 1.31 bits per heavy atom. The van der Waals surface area contributed by atoms with Gasteiger partial charge in [0.15, 0.2) is 0 Å². The smallest absolute Gasteiger partial charge is 0.206 e. The first-order chi connectivity index (χ1) is 15.4. The van der Waals surface area contributed by atoms with Gasteiger partial charge in [0.1, 0.15) is 0 Å². The number of hydrogen-bond acceptors (Lipinski definition) is 4. The molecule has 0 fully saturated rings. The van der Waals surface area contributed by atoms with Gasteiger partial charge in [-0.2, -0.15) is 0 Å². The van der Waals surface area contributed by atoms with Crippen molar-refractivity contribution in [3.8, 4) is 0 Å². The molecule has 0 saturated carbocycles. The summed E-state index contributed by atoms with van der Waals surface area (Å²) in [6.45, 7) is 0. The van der Waals surface area contributed by atoms with Gasteiger partial charge in [0.05, 0.1) is 19.6 Å². The molecule has 1 aliphatic heterocycles. The standard InChI is InChI=1S/C26H18O4S2/c27-31(28)21-13-7-8-14-22(21)32(29,30)26-20-16-15-19(25(26)31)24(20)23(17-9-3-1-4-10-17)18-11-5-2-6-12-18/h1-16,19-20H/t19-,20+. The summed E-state index contributed by atoms with van der Waals surface area (Å²) in [5.41, 5.74) is 3.56. The Hall–Kier alpha value is -3.22. The van der Waals surface area contributed by atoms with Gasteiger partial charge in [-0.05, 0) is 34.4 Å². The van der Waals surface area contributed by atoms with Crippen LogP contribution in [0.15, 0.2) is 122 Å². The summed E-state index contributed by atoms with van der Waals surface area (Å²) in [4.78, 5) is -0.217. The fraction of sp³-hybridized carbons (Fsp3) is 0.0769. The van der Waals surface area contributed by atoms with Gasteiger partial charge in [0.2, 0.25) is 19.7 Å². The summed E-state index contributed by atoms with van der Waals surface area (Å²) < 4.78 is 54.5. The highest BCUT2D eigenvalue weighted by molar-refractivity contribution is 8.01. The molecule has 0 amide bonds. The summed E-state index contributed by atoms with van der Waals surface area (Å²) in [7, 11) is -7.87. The van der Waals surface area contributed by atoms with Crippen molar-refractivity contribution < 1.29 is 16.8 Å². The molecule has 2 atom stereocenters. The molecule has 0 spiro atoms. The molecule has 3 aliphatic rings. The van der Waals surface area contributed by atoms with Gasteiger partial charge >= 0.3 is 0 Å². The number of sulfone groups is 2. The van der Waals surface area contributed by atoms with Gasteiger partial charge < -0.3 is 0 Å². The summed E-state index contributed by atoms with van der Waals surface area (Å²) in [6.07, 6.45) is 3.68. The minimum absolute atomic E-state index is 0.0167. The summed E-state index contributed by atoms with van der Waals surface area (Å²) in [5, 5.41) is 0. The molecular weight excluding hydrogens is 440 g/mol. The minimum Gasteiger partial charge on any atom is -0.219 e. The molecule has 0 N–H and O–H groups in total. The molecule has 6 rings (SSSR count). The first-order valence-corrected chi connectivity index (χ1v) is 13.3. The van der Waals surface area contributed by atoms with Crippen LogP contribution in [0.25, 0.3) is 5.57 Å². The van der Waals surface area contributed by atoms with Crippen molar-refractivity contribution in [3.05, 3.63) is 124 Å². The third kappa shape index (κ3) is 2.48. The van der Waals surface area contributed by atoms with Crippen LogP contribution in [0.3, 0.4) is 0 Å². The van der Waals surface area contributed by atoms with Crippen molar-refractivity contribution in [1.82, 2.24) is 0 Å². The molecule has 158 valence electrons. The van der Waals surface area contributed by atoms with Gasteiger partial charge in [-0.25, -0.2) is 16.8 Å². The van der Waals surface area contributed by atoms with Crippen molar-refractivity contribution in [2.24, 2.45) is 11.8 Å². The van der Waals surface area contributed by atoms with Crippen molar-refractivity contribution in [2.45, 2.75) is 9.79 Å². The Labute approximate surface area is 187 Å². The van der Waals surface area contributed by atoms with Crippen molar-refractivity contribution in [1.29, 1.82) is 0 Å². The SMILES string of the molecule is O=S1(=O)C2=C([C@H]3C=C[C@@H]2C3=C(c2ccccc2)c2ccccc2)S(=O)(=O)c2ccccc21. The molecule has 32 heavy (non-hydrogen) atoms. The number of rotatable bonds is 2. The predicted molar refractivity (Wildman–Crippen MR) is 123 cm³/mol. The second-order valence-electron chi connectivity index (χ2n) is 8.08. The Bertz CT molecular complexity index is 1460. The van der Waals surface area contributed by atoms with E-state index in [1.165, 1.54) is 12.1 Å². The monoisotopic (exact) mass is 458 g/mol. The Kier molecular flexibility index (Phi) is 4.04. The molecule has 0 radical (unpaired) electrons. The molecule has 3 aromatic rings. The third-order valence-corrected chi connectivity index (χ3v) is 10.6. The molecule has 2 aliphatic carbocycles. The summed E-state index contributed by atoms with van der Waals surface area (Å²) >= 11 is 0. The lowest BCUT2D eigenvalue weighted by Crippen LogP contribution is -2.24. The van der Waals surface area contributed by atoms with Crippen LogP contribution in [0, 0.1) is 11.8 Å². The first-order valence-electron chi connectivity index (χ1n) is 10.3. The van der Waals surface area contributed by atoms with Crippen LogP contribution in [-0.2, 0) is 19.7 Å². The molecule has 3 aromatic carbocycles. The van der Waals surface area contributed by atoms with E-state index in [0.29, 0.717) is 0 Å². The Morgan fingerprint density at radius 1 is 0.531 bits per heavy atom. The van der Waals surface area contributed by atoms with Crippen molar-refractivity contribution >= 4 is 25.2 Å². The Morgan fingerprint density at radius 2 is 0.906 bits per heavy atom. The van der Waals surface area contributed by atoms with E-state index in [0.717, 1.165) is 22.3 Å². The zero-order chi connectivity index (χ0) is 22.1. The van der Waals surface area contributed by atoms with Crippen LogP contribution in [0.2, 0.25) is 0 Å². The first kappa shape index (κ1) is 19.5. The maximum absolute atomic E-state index is 13.6. The zero-order valence-corrected chi connectivity index (χ0v) is 18.5. The van der Waals surface area contributed by atoms with Gasteiger partial charge in [0, 0.05) is 11.8 Å². The maximum atomic E-state index is 13.6. The number of fused-ring (bicyclic) bond motifs is 5. The van der Waals surface area contributed by atoms with Gasteiger partial charge in [-0.15, -0.1) is 0 Å². The van der Waals surface area contributed by atoms with E-state index in [9.17, 15) is 16.8 Å². The van der Waals surface area contributed by atoms with Crippen LogP contribution in [-0.4, -0.2) is 16.8 Å². The third-order valence-electron chi connectivity index (χ3n) is 6.39. The lowest BCUT2D eigenvalue weighted by atomic mass is 9.87. The lowest BCUT2D eigenvalue weighted by molar-refractivity contribution is 0.582. The molecule has 4 nitrogen and oxygen atoms in total. The molecule has 0 saturated heterocycles. The van der Waals surface area contributed by atoms with Crippen molar-refractivity contribution in [2.75, 3.05) is 0 Å². The van der Waals surface area contributed by atoms with Crippen LogP contribution >= 0.6 is 0 Å². The zero-order valence-electron chi connectivity index (χ0n) is 16.8. The molecule has 0 unspecified atom stereocenters. The van der Waals surface area contributed by atoms with Crippen LogP contribution < -0.4 is 0 Å².